The maximum absolute atomic E-state index is 11.1. The van der Waals surface area contributed by atoms with E-state index < -0.39 is 18.7 Å². The van der Waals surface area contributed by atoms with Crippen molar-refractivity contribution in [1.82, 2.24) is 0 Å². The van der Waals surface area contributed by atoms with Gasteiger partial charge in [0, 0.05) is 0 Å². The van der Waals surface area contributed by atoms with Gasteiger partial charge in [0.2, 0.25) is 0 Å². The molecule has 0 atom stereocenters. The molecule has 0 bridgehead atoms. The molecule has 1 aliphatic carbocycles. The zero-order chi connectivity index (χ0) is 10.1. The normalized spacial score (nSPS) is 22.6. The Kier molecular flexibility index (Phi) is 2.80. The SMILES string of the molecule is O=C(O)C1(P(=O)(O)O)CCCCC1. The molecule has 0 aromatic rings. The highest BCUT2D eigenvalue weighted by Gasteiger charge is 2.53. The Morgan fingerprint density at radius 3 is 1.85 bits per heavy atom. The molecule has 0 radical (unpaired) electrons. The average Bonchev–Trinajstić information content (AvgIpc) is 2.03. The van der Waals surface area contributed by atoms with Crippen LogP contribution in [0.4, 0.5) is 0 Å². The lowest BCUT2D eigenvalue weighted by molar-refractivity contribution is -0.141. The smallest absolute Gasteiger partial charge is 0.342 e. The standard InChI is InChI=1S/C7H13O5P/c8-6(9)7(13(10,11)12)4-2-1-3-5-7/h1-5H2,(H,8,9)(H2,10,11,12). The van der Waals surface area contributed by atoms with E-state index in [4.69, 9.17) is 14.9 Å². The van der Waals surface area contributed by atoms with E-state index in [1.165, 1.54) is 0 Å². The first-order valence-electron chi connectivity index (χ1n) is 4.19. The number of hydrogen-bond donors (Lipinski definition) is 3. The molecular weight excluding hydrogens is 195 g/mol. The van der Waals surface area contributed by atoms with E-state index in [1.807, 2.05) is 0 Å². The lowest BCUT2D eigenvalue weighted by Crippen LogP contribution is -2.40. The van der Waals surface area contributed by atoms with Crippen LogP contribution in [0.5, 0.6) is 0 Å². The van der Waals surface area contributed by atoms with Crippen molar-refractivity contribution in [2.24, 2.45) is 0 Å². The molecular formula is C7H13O5P. The number of aliphatic carboxylic acids is 1. The van der Waals surface area contributed by atoms with Gasteiger partial charge < -0.3 is 14.9 Å². The molecule has 0 aromatic heterocycles. The number of carboxylic acid groups (broad SMARTS) is 1. The van der Waals surface area contributed by atoms with Crippen LogP contribution in [-0.2, 0) is 9.36 Å². The summed E-state index contributed by atoms with van der Waals surface area (Å²) in [6.07, 6.45) is 2.20. The molecule has 1 rings (SSSR count). The molecule has 3 N–H and O–H groups in total. The fourth-order valence-corrected chi connectivity index (χ4v) is 2.91. The quantitative estimate of drug-likeness (QED) is 0.587. The second-order valence-corrected chi connectivity index (χ2v) is 5.39. The van der Waals surface area contributed by atoms with E-state index in [-0.39, 0.29) is 12.8 Å². The second-order valence-electron chi connectivity index (χ2n) is 3.44. The van der Waals surface area contributed by atoms with Gasteiger partial charge in [0.1, 0.15) is 0 Å². The third-order valence-corrected chi connectivity index (χ3v) is 4.39. The largest absolute Gasteiger partial charge is 0.480 e. The first kappa shape index (κ1) is 10.7. The van der Waals surface area contributed by atoms with Gasteiger partial charge in [0.05, 0.1) is 0 Å². The average molecular weight is 208 g/mol. The summed E-state index contributed by atoms with van der Waals surface area (Å²) in [7, 11) is -4.53. The van der Waals surface area contributed by atoms with Gasteiger partial charge in [-0.25, -0.2) is 0 Å². The third-order valence-electron chi connectivity index (χ3n) is 2.64. The van der Waals surface area contributed by atoms with Crippen LogP contribution in [0.3, 0.4) is 0 Å². The zero-order valence-electron chi connectivity index (χ0n) is 7.14. The van der Waals surface area contributed by atoms with Gasteiger partial charge in [-0.2, -0.15) is 0 Å². The Bertz CT molecular complexity index is 250. The van der Waals surface area contributed by atoms with Crippen LogP contribution < -0.4 is 0 Å². The van der Waals surface area contributed by atoms with Crippen molar-refractivity contribution in [2.75, 3.05) is 0 Å². The molecule has 0 saturated heterocycles. The van der Waals surface area contributed by atoms with Crippen molar-refractivity contribution in [3.05, 3.63) is 0 Å². The summed E-state index contributed by atoms with van der Waals surface area (Å²) >= 11 is 0. The van der Waals surface area contributed by atoms with Crippen molar-refractivity contribution in [3.63, 3.8) is 0 Å². The molecule has 0 amide bonds. The molecule has 0 spiro atoms. The van der Waals surface area contributed by atoms with E-state index in [9.17, 15) is 9.36 Å². The van der Waals surface area contributed by atoms with E-state index >= 15 is 0 Å². The monoisotopic (exact) mass is 208 g/mol. The highest BCUT2D eigenvalue weighted by atomic mass is 31.2. The molecule has 0 aliphatic heterocycles. The third kappa shape index (κ3) is 1.77. The first-order valence-corrected chi connectivity index (χ1v) is 5.80. The van der Waals surface area contributed by atoms with Crippen LogP contribution in [0.15, 0.2) is 0 Å². The number of carbonyl (C=O) groups is 1. The second kappa shape index (κ2) is 3.40. The van der Waals surface area contributed by atoms with E-state index in [0.29, 0.717) is 12.8 Å². The van der Waals surface area contributed by atoms with Crippen molar-refractivity contribution >= 4 is 13.6 Å². The Balaban J connectivity index is 3.00. The fraction of sp³-hybridized carbons (Fsp3) is 0.857. The van der Waals surface area contributed by atoms with Gasteiger partial charge in [-0.15, -0.1) is 0 Å². The molecule has 0 heterocycles. The van der Waals surface area contributed by atoms with Gasteiger partial charge in [0.25, 0.3) is 0 Å². The summed E-state index contributed by atoms with van der Waals surface area (Å²) in [5, 5.41) is 7.03. The minimum absolute atomic E-state index is 0.0899. The summed E-state index contributed by atoms with van der Waals surface area (Å²) in [5.41, 5.74) is 0. The maximum atomic E-state index is 11.1. The molecule has 13 heavy (non-hydrogen) atoms. The fourth-order valence-electron chi connectivity index (χ4n) is 1.77. The van der Waals surface area contributed by atoms with Gasteiger partial charge in [0.15, 0.2) is 5.16 Å². The summed E-state index contributed by atoms with van der Waals surface area (Å²) in [6, 6.07) is 0. The van der Waals surface area contributed by atoms with E-state index in [1.54, 1.807) is 0 Å². The molecule has 1 fully saturated rings. The highest BCUT2D eigenvalue weighted by Crippen LogP contribution is 2.57. The van der Waals surface area contributed by atoms with Crippen LogP contribution in [0.1, 0.15) is 32.1 Å². The Labute approximate surface area is 75.9 Å². The lowest BCUT2D eigenvalue weighted by atomic mass is 9.88. The molecule has 6 heteroatoms. The summed E-state index contributed by atoms with van der Waals surface area (Å²) in [5.74, 6) is -1.36. The lowest BCUT2D eigenvalue weighted by Gasteiger charge is -2.33. The van der Waals surface area contributed by atoms with Crippen LogP contribution >= 0.6 is 7.60 Å². The molecule has 76 valence electrons. The van der Waals surface area contributed by atoms with Crippen LogP contribution in [0.2, 0.25) is 0 Å². The molecule has 5 nitrogen and oxygen atoms in total. The van der Waals surface area contributed by atoms with E-state index in [0.717, 1.165) is 6.42 Å². The van der Waals surface area contributed by atoms with Crippen molar-refractivity contribution < 1.29 is 24.3 Å². The summed E-state index contributed by atoms with van der Waals surface area (Å²) in [4.78, 5) is 28.8. The Hall–Kier alpha value is -0.380. The van der Waals surface area contributed by atoms with Crippen LogP contribution in [0.25, 0.3) is 0 Å². The predicted molar refractivity (Wildman–Crippen MR) is 45.5 cm³/mol. The summed E-state index contributed by atoms with van der Waals surface area (Å²) in [6.45, 7) is 0. The Morgan fingerprint density at radius 1 is 1.15 bits per heavy atom. The number of carboxylic acids is 1. The summed E-state index contributed by atoms with van der Waals surface area (Å²) < 4.78 is 11.1. The molecule has 0 unspecified atom stereocenters. The molecule has 0 aromatic carbocycles. The topological polar surface area (TPSA) is 94.8 Å². The van der Waals surface area contributed by atoms with E-state index in [2.05, 4.69) is 0 Å². The van der Waals surface area contributed by atoms with Crippen molar-refractivity contribution in [3.8, 4) is 0 Å². The van der Waals surface area contributed by atoms with Crippen LogP contribution in [0, 0.1) is 0 Å². The van der Waals surface area contributed by atoms with Gasteiger partial charge >= 0.3 is 13.6 Å². The molecule has 1 aliphatic rings. The maximum Gasteiger partial charge on any atom is 0.342 e. The number of hydrogen-bond acceptors (Lipinski definition) is 2. The van der Waals surface area contributed by atoms with Gasteiger partial charge in [-0.3, -0.25) is 9.36 Å². The predicted octanol–water partition coefficient (Wildman–Crippen LogP) is 0.952. The minimum atomic E-state index is -4.53. The van der Waals surface area contributed by atoms with Gasteiger partial charge in [-0.1, -0.05) is 19.3 Å². The minimum Gasteiger partial charge on any atom is -0.480 e. The zero-order valence-corrected chi connectivity index (χ0v) is 8.04. The first-order chi connectivity index (χ1) is 5.90. The van der Waals surface area contributed by atoms with Crippen LogP contribution in [-0.4, -0.2) is 26.0 Å². The molecule has 1 saturated carbocycles. The highest BCUT2D eigenvalue weighted by molar-refractivity contribution is 7.54. The Morgan fingerprint density at radius 2 is 1.62 bits per heavy atom. The number of rotatable bonds is 2. The van der Waals surface area contributed by atoms with Crippen molar-refractivity contribution in [2.45, 2.75) is 37.3 Å². The van der Waals surface area contributed by atoms with Crippen molar-refractivity contribution in [1.29, 1.82) is 0 Å². The van der Waals surface area contributed by atoms with Gasteiger partial charge in [-0.05, 0) is 12.8 Å².